The first-order chi connectivity index (χ1) is 15.7. The molecule has 5 N–H and O–H groups in total. The summed E-state index contributed by atoms with van der Waals surface area (Å²) in [6, 6.07) is 9.15. The number of fused-ring (bicyclic) bond motifs is 2. The molecule has 0 bridgehead atoms. The Bertz CT molecular complexity index is 1640. The van der Waals surface area contributed by atoms with E-state index in [1.165, 1.54) is 24.3 Å². The van der Waals surface area contributed by atoms with Crippen LogP contribution in [0, 0.1) is 13.8 Å². The molecule has 176 valence electrons. The predicted molar refractivity (Wildman–Crippen MR) is 123 cm³/mol. The summed E-state index contributed by atoms with van der Waals surface area (Å²) in [6.07, 6.45) is 0. The molecule has 0 saturated carbocycles. The van der Waals surface area contributed by atoms with Gasteiger partial charge in [0.1, 0.15) is 4.90 Å². The molecular formula is C22H18N2O8S2. The van der Waals surface area contributed by atoms with E-state index in [-0.39, 0.29) is 28.1 Å². The molecule has 10 nitrogen and oxygen atoms in total. The summed E-state index contributed by atoms with van der Waals surface area (Å²) >= 11 is 0. The summed E-state index contributed by atoms with van der Waals surface area (Å²) in [5.74, 6) is -1.34. The topological polar surface area (TPSA) is 181 Å². The number of benzene rings is 3. The van der Waals surface area contributed by atoms with E-state index < -0.39 is 52.8 Å². The van der Waals surface area contributed by atoms with E-state index in [2.05, 4.69) is 5.32 Å². The fraction of sp³-hybridized carbons (Fsp3) is 0.0909. The molecular weight excluding hydrogens is 484 g/mol. The lowest BCUT2D eigenvalue weighted by atomic mass is 9.82. The third-order valence-electron chi connectivity index (χ3n) is 5.69. The zero-order valence-corrected chi connectivity index (χ0v) is 19.4. The van der Waals surface area contributed by atoms with Gasteiger partial charge in [0.2, 0.25) is 0 Å². The molecule has 4 rings (SSSR count). The summed E-state index contributed by atoms with van der Waals surface area (Å²) in [7, 11) is -9.50. The molecule has 0 spiro atoms. The van der Waals surface area contributed by atoms with Crippen LogP contribution in [0.3, 0.4) is 0 Å². The van der Waals surface area contributed by atoms with Gasteiger partial charge in [0.25, 0.3) is 20.2 Å². The lowest BCUT2D eigenvalue weighted by Crippen LogP contribution is -2.25. The molecule has 1 aliphatic rings. The Morgan fingerprint density at radius 1 is 0.794 bits per heavy atom. The van der Waals surface area contributed by atoms with Crippen LogP contribution in [0.15, 0.2) is 52.3 Å². The van der Waals surface area contributed by atoms with E-state index in [1.807, 2.05) is 0 Å². The van der Waals surface area contributed by atoms with Crippen molar-refractivity contribution in [3.63, 3.8) is 0 Å². The van der Waals surface area contributed by atoms with Gasteiger partial charge in [0.05, 0.1) is 27.4 Å². The molecule has 0 amide bonds. The van der Waals surface area contributed by atoms with Crippen molar-refractivity contribution in [3.05, 3.63) is 75.8 Å². The number of anilines is 3. The van der Waals surface area contributed by atoms with Crippen LogP contribution in [0.4, 0.5) is 17.1 Å². The van der Waals surface area contributed by atoms with Crippen molar-refractivity contribution < 1.29 is 35.5 Å². The van der Waals surface area contributed by atoms with E-state index in [0.717, 1.165) is 12.1 Å². The Balaban J connectivity index is 2.05. The Morgan fingerprint density at radius 2 is 1.35 bits per heavy atom. The van der Waals surface area contributed by atoms with E-state index in [4.69, 9.17) is 5.73 Å². The smallest absolute Gasteiger partial charge is 0.296 e. The van der Waals surface area contributed by atoms with Gasteiger partial charge >= 0.3 is 0 Å². The molecule has 0 aromatic heterocycles. The highest BCUT2D eigenvalue weighted by molar-refractivity contribution is 7.86. The van der Waals surface area contributed by atoms with Crippen LogP contribution in [-0.4, -0.2) is 37.5 Å². The lowest BCUT2D eigenvalue weighted by molar-refractivity contribution is 0.0980. The van der Waals surface area contributed by atoms with Crippen LogP contribution in [0.1, 0.15) is 43.0 Å². The number of nitrogen functional groups attached to an aromatic ring is 1. The highest BCUT2D eigenvalue weighted by atomic mass is 32.2. The minimum atomic E-state index is -4.91. The normalized spacial score (nSPS) is 13.4. The van der Waals surface area contributed by atoms with Gasteiger partial charge in [-0.3, -0.25) is 18.7 Å². The van der Waals surface area contributed by atoms with Gasteiger partial charge in [0.15, 0.2) is 11.6 Å². The Morgan fingerprint density at radius 3 is 1.88 bits per heavy atom. The monoisotopic (exact) mass is 502 g/mol. The fourth-order valence-corrected chi connectivity index (χ4v) is 5.10. The molecule has 0 aliphatic heterocycles. The second-order valence-corrected chi connectivity index (χ2v) is 10.6. The van der Waals surface area contributed by atoms with Gasteiger partial charge in [-0.25, -0.2) is 0 Å². The van der Waals surface area contributed by atoms with Crippen molar-refractivity contribution in [3.8, 4) is 0 Å². The third-order valence-corrected chi connectivity index (χ3v) is 7.41. The number of nitrogens with two attached hydrogens (primary N) is 1. The van der Waals surface area contributed by atoms with Crippen LogP contribution in [0.25, 0.3) is 0 Å². The standard InChI is InChI=1S/C22H18N2O8S2/c1-10-7-12(33(27,28)29)8-15(11(10)2)24-16-9-17(34(30,31)32)20(23)19-18(16)21(25)13-5-3-4-6-14(13)22(19)26/h3-9,24H,23H2,1-2H3,(H,27,28,29)(H,30,31,32). The van der Waals surface area contributed by atoms with Crippen molar-refractivity contribution in [2.75, 3.05) is 11.1 Å². The van der Waals surface area contributed by atoms with Gasteiger partial charge in [-0.15, -0.1) is 0 Å². The minimum absolute atomic E-state index is 0.0190. The van der Waals surface area contributed by atoms with Crippen molar-refractivity contribution in [2.45, 2.75) is 23.6 Å². The van der Waals surface area contributed by atoms with Gasteiger partial charge in [-0.05, 0) is 43.2 Å². The summed E-state index contributed by atoms with van der Waals surface area (Å²) in [4.78, 5) is 25.3. The Hall–Kier alpha value is -3.58. The van der Waals surface area contributed by atoms with E-state index in [0.29, 0.717) is 11.1 Å². The number of ketones is 2. The van der Waals surface area contributed by atoms with E-state index in [9.17, 15) is 35.5 Å². The average molecular weight is 503 g/mol. The molecule has 3 aromatic rings. The van der Waals surface area contributed by atoms with Gasteiger partial charge in [-0.2, -0.15) is 16.8 Å². The number of carbonyl (C=O) groups excluding carboxylic acids is 2. The third kappa shape index (κ3) is 3.76. The lowest BCUT2D eigenvalue weighted by Gasteiger charge is -2.24. The van der Waals surface area contributed by atoms with Crippen LogP contribution in [0.2, 0.25) is 0 Å². The van der Waals surface area contributed by atoms with Gasteiger partial charge < -0.3 is 11.1 Å². The summed E-state index contributed by atoms with van der Waals surface area (Å²) in [5, 5.41) is 2.80. The van der Waals surface area contributed by atoms with Gasteiger partial charge in [0, 0.05) is 16.8 Å². The molecule has 3 aromatic carbocycles. The second-order valence-electron chi connectivity index (χ2n) is 7.78. The van der Waals surface area contributed by atoms with Crippen LogP contribution >= 0.6 is 0 Å². The SMILES string of the molecule is Cc1cc(S(=O)(=O)O)cc(Nc2cc(S(=O)(=O)O)c(N)c3c2C(=O)c2ccccc2C3=O)c1C. The van der Waals surface area contributed by atoms with Crippen molar-refractivity contribution in [1.29, 1.82) is 0 Å². The Labute approximate surface area is 194 Å². The Kier molecular flexibility index (Phi) is 5.36. The largest absolute Gasteiger partial charge is 0.397 e. The maximum atomic E-state index is 13.4. The average Bonchev–Trinajstić information content (AvgIpc) is 2.74. The maximum absolute atomic E-state index is 13.4. The second kappa shape index (κ2) is 7.74. The van der Waals surface area contributed by atoms with Crippen molar-refractivity contribution in [1.82, 2.24) is 0 Å². The number of hydrogen-bond donors (Lipinski definition) is 4. The van der Waals surface area contributed by atoms with Crippen LogP contribution in [-0.2, 0) is 20.2 Å². The quantitative estimate of drug-likeness (QED) is 0.239. The van der Waals surface area contributed by atoms with Crippen LogP contribution < -0.4 is 11.1 Å². The first-order valence-corrected chi connectivity index (χ1v) is 12.6. The minimum Gasteiger partial charge on any atom is -0.397 e. The molecule has 0 unspecified atom stereocenters. The zero-order chi connectivity index (χ0) is 25.2. The highest BCUT2D eigenvalue weighted by Gasteiger charge is 2.36. The number of hydrogen-bond acceptors (Lipinski definition) is 8. The highest BCUT2D eigenvalue weighted by Crippen LogP contribution is 2.40. The summed E-state index contributed by atoms with van der Waals surface area (Å²) < 4.78 is 66.6. The number of aryl methyl sites for hydroxylation is 1. The number of carbonyl (C=O) groups is 2. The van der Waals surface area contributed by atoms with E-state index in [1.54, 1.807) is 19.9 Å². The number of nitrogens with one attached hydrogen (secondary N) is 1. The molecule has 12 heteroatoms. The summed E-state index contributed by atoms with van der Waals surface area (Å²) in [5.41, 5.74) is 5.71. The van der Waals surface area contributed by atoms with Crippen LogP contribution in [0.5, 0.6) is 0 Å². The first kappa shape index (κ1) is 23.6. The molecule has 0 heterocycles. The first-order valence-electron chi connectivity index (χ1n) is 9.70. The summed E-state index contributed by atoms with van der Waals surface area (Å²) in [6.45, 7) is 3.21. The fourth-order valence-electron chi connectivity index (χ4n) is 3.86. The molecule has 0 atom stereocenters. The van der Waals surface area contributed by atoms with Crippen molar-refractivity contribution in [2.24, 2.45) is 0 Å². The number of rotatable bonds is 4. The molecule has 0 radical (unpaired) electrons. The maximum Gasteiger partial charge on any atom is 0.296 e. The van der Waals surface area contributed by atoms with Crippen molar-refractivity contribution >= 4 is 48.9 Å². The zero-order valence-electron chi connectivity index (χ0n) is 17.8. The molecule has 1 aliphatic carbocycles. The molecule has 34 heavy (non-hydrogen) atoms. The van der Waals surface area contributed by atoms with Gasteiger partial charge in [-0.1, -0.05) is 24.3 Å². The van der Waals surface area contributed by atoms with E-state index >= 15 is 0 Å². The molecule has 0 fully saturated rings. The predicted octanol–water partition coefficient (Wildman–Crippen LogP) is 2.90. The molecule has 0 saturated heterocycles.